The number of ether oxygens (including phenoxy) is 1. The maximum atomic E-state index is 13.3. The summed E-state index contributed by atoms with van der Waals surface area (Å²) in [6.45, 7) is 6.61. The number of anilines is 1. The van der Waals surface area contributed by atoms with Crippen molar-refractivity contribution in [1.82, 2.24) is 24.4 Å². The molecule has 10 heteroatoms. The molecule has 3 saturated heterocycles. The van der Waals surface area contributed by atoms with Gasteiger partial charge in [0.1, 0.15) is 5.69 Å². The number of aromatic nitrogens is 3. The molecule has 0 atom stereocenters. The lowest BCUT2D eigenvalue weighted by Gasteiger charge is -2.40. The van der Waals surface area contributed by atoms with Crippen LogP contribution in [0.1, 0.15) is 42.6 Å². The molecule has 30 heavy (non-hydrogen) atoms. The van der Waals surface area contributed by atoms with Crippen molar-refractivity contribution >= 4 is 27.3 Å². The first-order valence-corrected chi connectivity index (χ1v) is 11.8. The van der Waals surface area contributed by atoms with Gasteiger partial charge in [-0.1, -0.05) is 17.8 Å². The number of hydrogen-bond donors (Lipinski definition) is 0. The van der Waals surface area contributed by atoms with Gasteiger partial charge >= 0.3 is 0 Å². The first-order chi connectivity index (χ1) is 14.7. The van der Waals surface area contributed by atoms with Crippen LogP contribution in [-0.2, 0) is 4.74 Å². The fourth-order valence-electron chi connectivity index (χ4n) is 4.72. The zero-order chi connectivity index (χ0) is 20.5. The molecule has 3 fully saturated rings. The molecule has 5 rings (SSSR count). The topological polar surface area (TPSA) is 83.3 Å². The molecule has 0 radical (unpaired) electrons. The van der Waals surface area contributed by atoms with E-state index >= 15 is 0 Å². The van der Waals surface area contributed by atoms with Gasteiger partial charge in [-0.2, -0.15) is 9.50 Å². The Bertz CT molecular complexity index is 955. The van der Waals surface area contributed by atoms with E-state index in [2.05, 4.69) is 19.9 Å². The van der Waals surface area contributed by atoms with Gasteiger partial charge in [0.05, 0.1) is 13.2 Å². The number of piperidine rings is 2. The molecule has 9 nitrogen and oxygen atoms in total. The molecule has 3 aliphatic rings. The SMILES string of the molecule is O=C(c1cc(=O)nc2sc(N3CCOCC3)nn12)N1CCC(N2CCCCC2)CC1. The summed E-state index contributed by atoms with van der Waals surface area (Å²) in [4.78, 5) is 36.6. The second-order valence-electron chi connectivity index (χ2n) is 8.28. The summed E-state index contributed by atoms with van der Waals surface area (Å²) in [7, 11) is 0. The first kappa shape index (κ1) is 19.9. The van der Waals surface area contributed by atoms with Crippen molar-refractivity contribution in [2.45, 2.75) is 38.1 Å². The van der Waals surface area contributed by atoms with Gasteiger partial charge in [0.25, 0.3) is 11.5 Å². The summed E-state index contributed by atoms with van der Waals surface area (Å²) >= 11 is 1.35. The van der Waals surface area contributed by atoms with E-state index in [1.54, 1.807) is 4.52 Å². The van der Waals surface area contributed by atoms with E-state index in [0.29, 0.717) is 29.9 Å². The number of morpholine rings is 1. The molecule has 5 heterocycles. The maximum absolute atomic E-state index is 13.3. The van der Waals surface area contributed by atoms with Crippen LogP contribution in [0.4, 0.5) is 5.13 Å². The van der Waals surface area contributed by atoms with E-state index in [1.165, 1.54) is 49.8 Å². The van der Waals surface area contributed by atoms with Crippen molar-refractivity contribution in [3.05, 3.63) is 22.1 Å². The molecular formula is C20H28N6O3S. The standard InChI is InChI=1S/C20H28N6O3S/c27-17-14-16(26-19(21-17)30-20(22-26)25-10-12-29-13-11-25)18(28)24-8-4-15(5-9-24)23-6-2-1-3-7-23/h14-15H,1-13H2. The minimum atomic E-state index is -0.390. The highest BCUT2D eigenvalue weighted by atomic mass is 32.1. The third-order valence-electron chi connectivity index (χ3n) is 6.40. The second-order valence-corrected chi connectivity index (χ2v) is 9.21. The van der Waals surface area contributed by atoms with Crippen LogP contribution < -0.4 is 10.5 Å². The van der Waals surface area contributed by atoms with Crippen LogP contribution in [-0.4, -0.2) is 88.8 Å². The molecule has 162 valence electrons. The number of fused-ring (bicyclic) bond motifs is 1. The van der Waals surface area contributed by atoms with Crippen LogP contribution in [0.3, 0.4) is 0 Å². The van der Waals surface area contributed by atoms with Gasteiger partial charge < -0.3 is 19.4 Å². The third kappa shape index (κ3) is 3.95. The molecule has 0 aromatic carbocycles. The van der Waals surface area contributed by atoms with Crippen molar-refractivity contribution < 1.29 is 9.53 Å². The first-order valence-electron chi connectivity index (χ1n) is 11.0. The number of amides is 1. The van der Waals surface area contributed by atoms with Crippen molar-refractivity contribution in [2.75, 3.05) is 57.4 Å². The van der Waals surface area contributed by atoms with Crippen LogP contribution in [0, 0.1) is 0 Å². The molecule has 0 N–H and O–H groups in total. The van der Waals surface area contributed by atoms with Gasteiger partial charge in [-0.3, -0.25) is 9.59 Å². The molecule has 0 bridgehead atoms. The largest absolute Gasteiger partial charge is 0.378 e. The van der Waals surface area contributed by atoms with Crippen LogP contribution in [0.25, 0.3) is 4.96 Å². The maximum Gasteiger partial charge on any atom is 0.274 e. The van der Waals surface area contributed by atoms with Crippen LogP contribution in [0.15, 0.2) is 10.9 Å². The van der Waals surface area contributed by atoms with Crippen molar-refractivity contribution in [3.8, 4) is 0 Å². The van der Waals surface area contributed by atoms with Gasteiger partial charge in [0.2, 0.25) is 10.1 Å². The van der Waals surface area contributed by atoms with Crippen LogP contribution in [0.2, 0.25) is 0 Å². The Labute approximate surface area is 179 Å². The molecule has 0 unspecified atom stereocenters. The van der Waals surface area contributed by atoms with E-state index < -0.39 is 5.56 Å². The van der Waals surface area contributed by atoms with E-state index in [4.69, 9.17) is 4.74 Å². The highest BCUT2D eigenvalue weighted by Gasteiger charge is 2.30. The van der Waals surface area contributed by atoms with Crippen LogP contribution >= 0.6 is 11.3 Å². The average Bonchev–Trinajstić information content (AvgIpc) is 3.23. The highest BCUT2D eigenvalue weighted by molar-refractivity contribution is 7.20. The zero-order valence-corrected chi connectivity index (χ0v) is 18.0. The number of carbonyl (C=O) groups excluding carboxylic acids is 1. The van der Waals surface area contributed by atoms with E-state index in [1.807, 2.05) is 4.90 Å². The Morgan fingerprint density at radius 3 is 2.50 bits per heavy atom. The molecule has 0 aliphatic carbocycles. The Morgan fingerprint density at radius 2 is 1.77 bits per heavy atom. The van der Waals surface area contributed by atoms with Crippen molar-refractivity contribution in [1.29, 1.82) is 0 Å². The van der Waals surface area contributed by atoms with Gasteiger partial charge in [-0.25, -0.2) is 0 Å². The smallest absolute Gasteiger partial charge is 0.274 e. The lowest BCUT2D eigenvalue weighted by molar-refractivity contribution is 0.0582. The normalized spacial score (nSPS) is 22.0. The molecule has 2 aromatic rings. The summed E-state index contributed by atoms with van der Waals surface area (Å²) in [6, 6.07) is 1.90. The number of carbonyl (C=O) groups is 1. The number of hydrogen-bond acceptors (Lipinski definition) is 8. The van der Waals surface area contributed by atoms with Crippen LogP contribution in [0.5, 0.6) is 0 Å². The summed E-state index contributed by atoms with van der Waals surface area (Å²) in [5.41, 5.74) is -0.0732. The van der Waals surface area contributed by atoms with E-state index in [9.17, 15) is 9.59 Å². The fourth-order valence-corrected chi connectivity index (χ4v) is 5.68. The minimum Gasteiger partial charge on any atom is -0.378 e. The molecule has 0 spiro atoms. The Hall–Kier alpha value is -2.04. The zero-order valence-electron chi connectivity index (χ0n) is 17.2. The molecular weight excluding hydrogens is 404 g/mol. The van der Waals surface area contributed by atoms with Crippen molar-refractivity contribution in [3.63, 3.8) is 0 Å². The monoisotopic (exact) mass is 432 g/mol. The Balaban J connectivity index is 1.34. The van der Waals surface area contributed by atoms with Gasteiger partial charge in [-0.05, 0) is 38.8 Å². The summed E-state index contributed by atoms with van der Waals surface area (Å²) in [5.74, 6) is -0.125. The van der Waals surface area contributed by atoms with Gasteiger partial charge in [0, 0.05) is 38.3 Å². The number of likely N-dealkylation sites (tertiary alicyclic amines) is 2. The molecule has 0 saturated carbocycles. The molecule has 2 aromatic heterocycles. The summed E-state index contributed by atoms with van der Waals surface area (Å²) in [6.07, 6.45) is 5.88. The van der Waals surface area contributed by atoms with Crippen molar-refractivity contribution in [2.24, 2.45) is 0 Å². The predicted octanol–water partition coefficient (Wildman–Crippen LogP) is 1.08. The molecule has 3 aliphatic heterocycles. The lowest BCUT2D eigenvalue weighted by Crippen LogP contribution is -2.48. The number of rotatable bonds is 3. The van der Waals surface area contributed by atoms with E-state index in [-0.39, 0.29) is 5.91 Å². The highest BCUT2D eigenvalue weighted by Crippen LogP contribution is 2.25. The van der Waals surface area contributed by atoms with Gasteiger partial charge in [-0.15, -0.1) is 5.10 Å². The lowest BCUT2D eigenvalue weighted by atomic mass is 9.99. The van der Waals surface area contributed by atoms with Gasteiger partial charge in [0.15, 0.2) is 0 Å². The number of nitrogens with zero attached hydrogens (tertiary/aromatic N) is 6. The Morgan fingerprint density at radius 1 is 1.03 bits per heavy atom. The Kier molecular flexibility index (Phi) is 5.70. The summed E-state index contributed by atoms with van der Waals surface area (Å²) in [5, 5.41) is 5.40. The average molecular weight is 433 g/mol. The second kappa shape index (κ2) is 8.60. The predicted molar refractivity (Wildman–Crippen MR) is 115 cm³/mol. The molecule has 1 amide bonds. The third-order valence-corrected chi connectivity index (χ3v) is 7.37. The fraction of sp³-hybridized carbons (Fsp3) is 0.700. The van der Waals surface area contributed by atoms with E-state index in [0.717, 1.165) is 44.2 Å². The minimum absolute atomic E-state index is 0.125. The summed E-state index contributed by atoms with van der Waals surface area (Å²) < 4.78 is 6.96. The quantitative estimate of drug-likeness (QED) is 0.718.